The van der Waals surface area contributed by atoms with Gasteiger partial charge in [-0.2, -0.15) is 4.31 Å². The van der Waals surface area contributed by atoms with Crippen LogP contribution in [0.15, 0.2) is 64.5 Å². The fourth-order valence-corrected chi connectivity index (χ4v) is 3.88. The first-order chi connectivity index (χ1) is 12.0. The standard InChI is InChI=1S/C17H18N4O3S.ClH/c18-10-14(13-6-2-1-3-7-13)11-19-17(22)21-12-20-15-8-4-5-9-16(15)25(21,23)24;/h1-9,12,14H,10-11,18H2,(H,19,22);1H. The Morgan fingerprint density at radius 2 is 1.77 bits per heavy atom. The maximum Gasteiger partial charge on any atom is 0.336 e. The van der Waals surface area contributed by atoms with Gasteiger partial charge in [0.05, 0.1) is 5.69 Å². The lowest BCUT2D eigenvalue weighted by Gasteiger charge is -2.24. The minimum atomic E-state index is -3.96. The SMILES string of the molecule is Cl.NCC(CNC(=O)N1C=Nc2ccccc2S1(=O)=O)c1ccccc1. The molecular weight excluding hydrogens is 376 g/mol. The van der Waals surface area contributed by atoms with Gasteiger partial charge < -0.3 is 11.1 Å². The predicted octanol–water partition coefficient (Wildman–Crippen LogP) is 2.22. The van der Waals surface area contributed by atoms with E-state index >= 15 is 0 Å². The summed E-state index contributed by atoms with van der Waals surface area (Å²) in [7, 11) is -3.96. The number of carbonyl (C=O) groups excluding carboxylic acids is 1. The molecule has 2 aromatic rings. The van der Waals surface area contributed by atoms with Crippen molar-refractivity contribution in [2.24, 2.45) is 10.7 Å². The molecule has 3 rings (SSSR count). The van der Waals surface area contributed by atoms with Gasteiger partial charge in [-0.3, -0.25) is 0 Å². The Bertz CT molecular complexity index is 903. The summed E-state index contributed by atoms with van der Waals surface area (Å²) in [5, 5.41) is 2.62. The molecule has 0 aromatic heterocycles. The van der Waals surface area contributed by atoms with Crippen molar-refractivity contribution in [1.82, 2.24) is 9.62 Å². The van der Waals surface area contributed by atoms with Crippen LogP contribution in [0.4, 0.5) is 10.5 Å². The summed E-state index contributed by atoms with van der Waals surface area (Å²) in [6.45, 7) is 0.550. The first kappa shape index (κ1) is 19.9. The number of nitrogens with two attached hydrogens (primary N) is 1. The molecule has 0 radical (unpaired) electrons. The van der Waals surface area contributed by atoms with Gasteiger partial charge in [0.2, 0.25) is 0 Å². The van der Waals surface area contributed by atoms with Crippen LogP contribution in [0.1, 0.15) is 11.5 Å². The molecule has 1 atom stereocenters. The topological polar surface area (TPSA) is 105 Å². The van der Waals surface area contributed by atoms with Crippen molar-refractivity contribution >= 4 is 40.5 Å². The second-order valence-corrected chi connectivity index (χ2v) is 7.33. The number of nitrogens with zero attached hydrogens (tertiary/aromatic N) is 2. The van der Waals surface area contributed by atoms with Gasteiger partial charge in [-0.15, -0.1) is 12.4 Å². The Balaban J connectivity index is 0.00000243. The number of hydrogen-bond acceptors (Lipinski definition) is 5. The molecule has 9 heteroatoms. The van der Waals surface area contributed by atoms with Gasteiger partial charge in [0.1, 0.15) is 11.2 Å². The number of amides is 2. The lowest BCUT2D eigenvalue weighted by molar-refractivity contribution is 0.234. The van der Waals surface area contributed by atoms with Gasteiger partial charge in [0, 0.05) is 19.0 Å². The highest BCUT2D eigenvalue weighted by molar-refractivity contribution is 7.90. The summed E-state index contributed by atoms with van der Waals surface area (Å²) in [4.78, 5) is 16.4. The van der Waals surface area contributed by atoms with Gasteiger partial charge in [-0.25, -0.2) is 18.2 Å². The molecule has 1 aliphatic rings. The number of sulfonamides is 1. The summed E-state index contributed by atoms with van der Waals surface area (Å²) in [6, 6.07) is 15.0. The number of hydrogen-bond donors (Lipinski definition) is 2. The van der Waals surface area contributed by atoms with E-state index in [1.807, 2.05) is 30.3 Å². The van der Waals surface area contributed by atoms with E-state index < -0.39 is 16.1 Å². The maximum absolute atomic E-state index is 12.6. The summed E-state index contributed by atoms with van der Waals surface area (Å²) in [5.74, 6) is -0.109. The number of para-hydroxylation sites is 1. The van der Waals surface area contributed by atoms with Crippen molar-refractivity contribution < 1.29 is 13.2 Å². The maximum atomic E-state index is 12.6. The Kier molecular flexibility index (Phi) is 6.36. The molecule has 7 nitrogen and oxygen atoms in total. The van der Waals surface area contributed by atoms with Crippen molar-refractivity contribution in [3.8, 4) is 0 Å². The van der Waals surface area contributed by atoms with Crippen LogP contribution < -0.4 is 11.1 Å². The third-order valence-corrected chi connectivity index (χ3v) is 5.64. The van der Waals surface area contributed by atoms with Crippen LogP contribution >= 0.6 is 12.4 Å². The number of nitrogens with one attached hydrogen (secondary N) is 1. The van der Waals surface area contributed by atoms with E-state index in [1.54, 1.807) is 18.2 Å². The third-order valence-electron chi connectivity index (χ3n) is 3.96. The Labute approximate surface area is 158 Å². The van der Waals surface area contributed by atoms with Gasteiger partial charge in [-0.05, 0) is 17.7 Å². The molecule has 1 unspecified atom stereocenters. The number of urea groups is 1. The summed E-state index contributed by atoms with van der Waals surface area (Å²) in [6.07, 6.45) is 1.02. The Hall–Kier alpha value is -2.42. The fraction of sp³-hybridized carbons (Fsp3) is 0.176. The van der Waals surface area contributed by atoms with E-state index in [0.717, 1.165) is 11.9 Å². The zero-order valence-corrected chi connectivity index (χ0v) is 15.4. The monoisotopic (exact) mass is 394 g/mol. The molecular formula is C17H19ClN4O3S. The lowest BCUT2D eigenvalue weighted by atomic mass is 9.99. The molecule has 1 aliphatic heterocycles. The number of rotatable bonds is 4. The Morgan fingerprint density at radius 3 is 2.46 bits per heavy atom. The molecule has 26 heavy (non-hydrogen) atoms. The number of fused-ring (bicyclic) bond motifs is 1. The number of carbonyl (C=O) groups is 1. The van der Waals surface area contributed by atoms with E-state index in [4.69, 9.17) is 5.73 Å². The third kappa shape index (κ3) is 3.87. The molecule has 1 heterocycles. The van der Waals surface area contributed by atoms with E-state index in [2.05, 4.69) is 10.3 Å². The van der Waals surface area contributed by atoms with Crippen molar-refractivity contribution in [3.63, 3.8) is 0 Å². The zero-order chi connectivity index (χ0) is 17.9. The lowest BCUT2D eigenvalue weighted by Crippen LogP contribution is -2.45. The molecule has 2 amide bonds. The first-order valence-corrected chi connectivity index (χ1v) is 9.18. The molecule has 138 valence electrons. The second kappa shape index (κ2) is 8.31. The second-order valence-electron chi connectivity index (χ2n) is 5.54. The summed E-state index contributed by atoms with van der Waals surface area (Å²) < 4.78 is 25.8. The quantitative estimate of drug-likeness (QED) is 0.829. The minimum absolute atomic E-state index is 0. The van der Waals surface area contributed by atoms with Crippen LogP contribution in [0, 0.1) is 0 Å². The largest absolute Gasteiger partial charge is 0.336 e. The highest BCUT2D eigenvalue weighted by Gasteiger charge is 2.33. The van der Waals surface area contributed by atoms with Crippen LogP contribution in [0.25, 0.3) is 0 Å². The molecule has 3 N–H and O–H groups in total. The van der Waals surface area contributed by atoms with Crippen LogP contribution in [-0.4, -0.2) is 38.2 Å². The number of benzene rings is 2. The summed E-state index contributed by atoms with van der Waals surface area (Å²) >= 11 is 0. The van der Waals surface area contributed by atoms with Crippen molar-refractivity contribution in [2.45, 2.75) is 10.8 Å². The van der Waals surface area contributed by atoms with Crippen molar-refractivity contribution in [2.75, 3.05) is 13.1 Å². The highest BCUT2D eigenvalue weighted by Crippen LogP contribution is 2.29. The number of aliphatic imine (C=N–C) groups is 1. The normalized spacial score (nSPS) is 15.5. The highest BCUT2D eigenvalue weighted by atomic mass is 35.5. The van der Waals surface area contributed by atoms with E-state index in [9.17, 15) is 13.2 Å². The molecule has 0 aliphatic carbocycles. The average Bonchev–Trinajstić information content (AvgIpc) is 2.63. The van der Waals surface area contributed by atoms with Crippen molar-refractivity contribution in [1.29, 1.82) is 0 Å². The average molecular weight is 395 g/mol. The smallest absolute Gasteiger partial charge is 0.336 e. The zero-order valence-electron chi connectivity index (χ0n) is 13.8. The van der Waals surface area contributed by atoms with Crippen LogP contribution in [0.5, 0.6) is 0 Å². The van der Waals surface area contributed by atoms with Crippen LogP contribution in [-0.2, 0) is 10.0 Å². The molecule has 0 spiro atoms. The van der Waals surface area contributed by atoms with E-state index in [-0.39, 0.29) is 29.8 Å². The van der Waals surface area contributed by atoms with Crippen LogP contribution in [0.3, 0.4) is 0 Å². The van der Waals surface area contributed by atoms with Gasteiger partial charge in [-0.1, -0.05) is 42.5 Å². The van der Waals surface area contributed by atoms with Crippen molar-refractivity contribution in [3.05, 3.63) is 60.2 Å². The molecule has 0 saturated heterocycles. The predicted molar refractivity (Wildman–Crippen MR) is 103 cm³/mol. The fourth-order valence-electron chi connectivity index (χ4n) is 2.58. The van der Waals surface area contributed by atoms with Gasteiger partial charge in [0.25, 0.3) is 10.0 Å². The summed E-state index contributed by atoms with van der Waals surface area (Å²) in [5.41, 5.74) is 7.07. The molecule has 0 bridgehead atoms. The van der Waals surface area contributed by atoms with Gasteiger partial charge >= 0.3 is 6.03 Å². The minimum Gasteiger partial charge on any atom is -0.336 e. The van der Waals surface area contributed by atoms with E-state index in [0.29, 0.717) is 16.5 Å². The molecule has 0 saturated carbocycles. The molecule has 0 fully saturated rings. The van der Waals surface area contributed by atoms with Crippen LogP contribution in [0.2, 0.25) is 0 Å². The molecule has 2 aromatic carbocycles. The van der Waals surface area contributed by atoms with Gasteiger partial charge in [0.15, 0.2) is 0 Å². The Morgan fingerprint density at radius 1 is 1.12 bits per heavy atom. The van der Waals surface area contributed by atoms with E-state index in [1.165, 1.54) is 6.07 Å². The first-order valence-electron chi connectivity index (χ1n) is 7.74. The number of halogens is 1.